The van der Waals surface area contributed by atoms with Gasteiger partial charge in [0.05, 0.1) is 0 Å². The summed E-state index contributed by atoms with van der Waals surface area (Å²) in [4.78, 5) is 11.6. The number of rotatable bonds is 6. The second-order valence-electron chi connectivity index (χ2n) is 4.58. The van der Waals surface area contributed by atoms with Crippen molar-refractivity contribution >= 4 is 11.6 Å². The molecule has 0 aliphatic carbocycles. The van der Waals surface area contributed by atoms with E-state index >= 15 is 0 Å². The zero-order valence-corrected chi connectivity index (χ0v) is 10.8. The van der Waals surface area contributed by atoms with Crippen molar-refractivity contribution in [2.75, 3.05) is 25.0 Å². The minimum atomic E-state index is -0.267. The van der Waals surface area contributed by atoms with Crippen molar-refractivity contribution in [1.29, 1.82) is 0 Å². The number of hydrogen-bond acceptors (Lipinski definition) is 3. The molecule has 1 aromatic rings. The molecule has 0 bridgehead atoms. The van der Waals surface area contributed by atoms with Gasteiger partial charge in [-0.25, -0.2) is 4.39 Å². The lowest BCUT2D eigenvalue weighted by molar-refractivity contribution is -0.130. The Labute approximate surface area is 112 Å². The third-order valence-corrected chi connectivity index (χ3v) is 3.03. The van der Waals surface area contributed by atoms with Crippen molar-refractivity contribution in [3.8, 4) is 0 Å². The summed E-state index contributed by atoms with van der Waals surface area (Å²) >= 11 is 0. The van der Waals surface area contributed by atoms with Gasteiger partial charge < -0.3 is 15.4 Å². The maximum absolute atomic E-state index is 12.9. The fourth-order valence-corrected chi connectivity index (χ4v) is 2.03. The van der Waals surface area contributed by atoms with Crippen LogP contribution in [0.25, 0.3) is 0 Å². The molecule has 0 aromatic heterocycles. The summed E-state index contributed by atoms with van der Waals surface area (Å²) in [6.07, 6.45) is 2.29. The first-order valence-electron chi connectivity index (χ1n) is 6.64. The van der Waals surface area contributed by atoms with Crippen LogP contribution in [0, 0.1) is 5.82 Å². The predicted octanol–water partition coefficient (Wildman–Crippen LogP) is 1.92. The summed E-state index contributed by atoms with van der Waals surface area (Å²) in [7, 11) is 0. The zero-order valence-electron chi connectivity index (χ0n) is 10.8. The molecule has 1 fully saturated rings. The van der Waals surface area contributed by atoms with Crippen LogP contribution in [0.2, 0.25) is 0 Å². The van der Waals surface area contributed by atoms with Crippen LogP contribution in [0.5, 0.6) is 0 Å². The summed E-state index contributed by atoms with van der Waals surface area (Å²) in [5.74, 6) is -0.278. The Morgan fingerprint density at radius 1 is 1.42 bits per heavy atom. The summed E-state index contributed by atoms with van der Waals surface area (Å²) in [6, 6.07) is 6.34. The van der Waals surface area contributed by atoms with E-state index in [0.717, 1.165) is 24.9 Å². The van der Waals surface area contributed by atoms with E-state index in [1.165, 1.54) is 12.1 Å². The highest BCUT2D eigenvalue weighted by molar-refractivity contribution is 5.80. The summed E-state index contributed by atoms with van der Waals surface area (Å²) in [5, 5.41) is 5.95. The van der Waals surface area contributed by atoms with Crippen molar-refractivity contribution in [2.24, 2.45) is 0 Å². The first kappa shape index (κ1) is 13.8. The molecule has 1 aliphatic rings. The molecule has 0 spiro atoms. The molecule has 0 saturated carbocycles. The lowest BCUT2D eigenvalue weighted by Gasteiger charge is -2.11. The van der Waals surface area contributed by atoms with Gasteiger partial charge in [0, 0.05) is 25.4 Å². The highest BCUT2D eigenvalue weighted by Gasteiger charge is 2.22. The number of nitrogens with one attached hydrogen (secondary N) is 2. The van der Waals surface area contributed by atoms with E-state index in [1.807, 2.05) is 6.07 Å². The number of halogens is 1. The molecule has 0 radical (unpaired) electrons. The monoisotopic (exact) mass is 266 g/mol. The molecule has 1 heterocycles. The molecule has 2 rings (SSSR count). The van der Waals surface area contributed by atoms with E-state index in [-0.39, 0.29) is 17.8 Å². The second kappa shape index (κ2) is 7.09. The molecular formula is C14H19FN2O2. The molecule has 1 amide bonds. The van der Waals surface area contributed by atoms with Gasteiger partial charge >= 0.3 is 0 Å². The van der Waals surface area contributed by atoms with Crippen molar-refractivity contribution in [2.45, 2.75) is 25.4 Å². The van der Waals surface area contributed by atoms with Crippen LogP contribution in [0.15, 0.2) is 24.3 Å². The van der Waals surface area contributed by atoms with Gasteiger partial charge in [0.15, 0.2) is 0 Å². The van der Waals surface area contributed by atoms with Gasteiger partial charge in [0.2, 0.25) is 5.91 Å². The third-order valence-electron chi connectivity index (χ3n) is 3.03. The van der Waals surface area contributed by atoms with Crippen molar-refractivity contribution in [1.82, 2.24) is 5.32 Å². The number of anilines is 1. The van der Waals surface area contributed by atoms with Crippen molar-refractivity contribution < 1.29 is 13.9 Å². The number of carbonyl (C=O) groups excluding carboxylic acids is 1. The van der Waals surface area contributed by atoms with E-state index in [4.69, 9.17) is 4.74 Å². The zero-order chi connectivity index (χ0) is 13.5. The van der Waals surface area contributed by atoms with Gasteiger partial charge in [0.1, 0.15) is 11.9 Å². The minimum absolute atomic E-state index is 0.0248. The van der Waals surface area contributed by atoms with Gasteiger partial charge in [-0.05, 0) is 37.5 Å². The van der Waals surface area contributed by atoms with Crippen LogP contribution < -0.4 is 10.6 Å². The van der Waals surface area contributed by atoms with E-state index in [0.29, 0.717) is 19.7 Å². The Balaban J connectivity index is 1.58. The van der Waals surface area contributed by atoms with Gasteiger partial charge in [-0.2, -0.15) is 0 Å². The first-order chi connectivity index (χ1) is 9.25. The van der Waals surface area contributed by atoms with Crippen molar-refractivity contribution in [3.05, 3.63) is 30.1 Å². The molecule has 1 saturated heterocycles. The third kappa shape index (κ3) is 4.52. The van der Waals surface area contributed by atoms with Crippen LogP contribution in [0.3, 0.4) is 0 Å². The molecule has 1 aliphatic heterocycles. The quantitative estimate of drug-likeness (QED) is 0.773. The van der Waals surface area contributed by atoms with Gasteiger partial charge in [-0.3, -0.25) is 4.79 Å². The van der Waals surface area contributed by atoms with Gasteiger partial charge in [-0.15, -0.1) is 0 Å². The second-order valence-corrected chi connectivity index (χ2v) is 4.58. The fraction of sp³-hybridized carbons (Fsp3) is 0.500. The SMILES string of the molecule is O=C(NCCCNc1cccc(F)c1)[C@@H]1CCCO1. The van der Waals surface area contributed by atoms with E-state index in [9.17, 15) is 9.18 Å². The molecule has 0 unspecified atom stereocenters. The maximum atomic E-state index is 12.9. The van der Waals surface area contributed by atoms with Crippen LogP contribution in [0.1, 0.15) is 19.3 Å². The molecule has 1 aromatic carbocycles. The topological polar surface area (TPSA) is 50.4 Å². The Kier molecular flexibility index (Phi) is 5.15. The summed E-state index contributed by atoms with van der Waals surface area (Å²) < 4.78 is 18.2. The first-order valence-corrected chi connectivity index (χ1v) is 6.64. The largest absolute Gasteiger partial charge is 0.385 e. The smallest absolute Gasteiger partial charge is 0.249 e. The Morgan fingerprint density at radius 2 is 2.32 bits per heavy atom. The number of carbonyl (C=O) groups is 1. The van der Waals surface area contributed by atoms with Gasteiger partial charge in [0.25, 0.3) is 0 Å². The summed E-state index contributed by atoms with van der Waals surface area (Å²) in [5.41, 5.74) is 0.755. The maximum Gasteiger partial charge on any atom is 0.249 e. The van der Waals surface area contributed by atoms with Crippen LogP contribution in [-0.4, -0.2) is 31.7 Å². The molecule has 1 atom stereocenters. The number of ether oxygens (including phenoxy) is 1. The average Bonchev–Trinajstić information content (AvgIpc) is 2.92. The standard InChI is InChI=1S/C14H19FN2O2/c15-11-4-1-5-12(10-11)16-7-3-8-17-14(18)13-6-2-9-19-13/h1,4-5,10,13,16H,2-3,6-9H2,(H,17,18)/t13-/m0/s1. The van der Waals surface area contributed by atoms with Gasteiger partial charge in [-0.1, -0.05) is 6.07 Å². The van der Waals surface area contributed by atoms with E-state index < -0.39 is 0 Å². The van der Waals surface area contributed by atoms with Crippen LogP contribution in [-0.2, 0) is 9.53 Å². The lowest BCUT2D eigenvalue weighted by atomic mass is 10.2. The lowest BCUT2D eigenvalue weighted by Crippen LogP contribution is -2.35. The Morgan fingerprint density at radius 3 is 3.05 bits per heavy atom. The number of hydrogen-bond donors (Lipinski definition) is 2. The molecular weight excluding hydrogens is 247 g/mol. The van der Waals surface area contributed by atoms with Crippen LogP contribution in [0.4, 0.5) is 10.1 Å². The average molecular weight is 266 g/mol. The normalized spacial score (nSPS) is 18.3. The molecule has 5 heteroatoms. The molecule has 19 heavy (non-hydrogen) atoms. The summed E-state index contributed by atoms with van der Waals surface area (Å²) in [6.45, 7) is 1.97. The number of benzene rings is 1. The molecule has 4 nitrogen and oxygen atoms in total. The highest BCUT2D eigenvalue weighted by Crippen LogP contribution is 2.11. The predicted molar refractivity (Wildman–Crippen MR) is 71.5 cm³/mol. The van der Waals surface area contributed by atoms with E-state index in [2.05, 4.69) is 10.6 Å². The van der Waals surface area contributed by atoms with E-state index in [1.54, 1.807) is 6.07 Å². The molecule has 2 N–H and O–H groups in total. The van der Waals surface area contributed by atoms with Crippen LogP contribution >= 0.6 is 0 Å². The number of amides is 1. The highest BCUT2D eigenvalue weighted by atomic mass is 19.1. The Hall–Kier alpha value is -1.62. The molecule has 104 valence electrons. The van der Waals surface area contributed by atoms with Crippen molar-refractivity contribution in [3.63, 3.8) is 0 Å². The fourth-order valence-electron chi connectivity index (χ4n) is 2.03. The minimum Gasteiger partial charge on any atom is -0.385 e. The Bertz CT molecular complexity index is 420.